The lowest BCUT2D eigenvalue weighted by molar-refractivity contribution is -0.119. The van der Waals surface area contributed by atoms with Gasteiger partial charge in [-0.3, -0.25) is 9.10 Å². The van der Waals surface area contributed by atoms with Crippen molar-refractivity contribution in [3.8, 4) is 5.75 Å². The zero-order chi connectivity index (χ0) is 24.6. The Balaban J connectivity index is 1.64. The molecule has 3 aromatic carbocycles. The van der Waals surface area contributed by atoms with Crippen molar-refractivity contribution < 1.29 is 17.9 Å². The Kier molecular flexibility index (Phi) is 9.27. The average molecular weight is 519 g/mol. The maximum atomic E-state index is 13.4. The summed E-state index contributed by atoms with van der Waals surface area (Å²) in [5, 5.41) is 3.53. The second kappa shape index (κ2) is 12.1. The van der Waals surface area contributed by atoms with Gasteiger partial charge in [0.2, 0.25) is 5.91 Å². The summed E-state index contributed by atoms with van der Waals surface area (Å²) in [6.07, 6.45) is 0.745. The molecule has 3 aromatic rings. The van der Waals surface area contributed by atoms with Gasteiger partial charge in [0.05, 0.1) is 17.7 Å². The van der Waals surface area contributed by atoms with Crippen molar-refractivity contribution in [3.63, 3.8) is 0 Å². The molecule has 1 N–H and O–H groups in total. The van der Waals surface area contributed by atoms with Crippen LogP contribution >= 0.6 is 23.4 Å². The summed E-state index contributed by atoms with van der Waals surface area (Å²) in [5.41, 5.74) is 1.42. The Hall–Kier alpha value is -2.68. The van der Waals surface area contributed by atoms with Gasteiger partial charge in [-0.2, -0.15) is 0 Å². The van der Waals surface area contributed by atoms with Crippen LogP contribution in [0.15, 0.2) is 82.6 Å². The molecule has 3 rings (SSSR count). The smallest absolute Gasteiger partial charge is 0.264 e. The van der Waals surface area contributed by atoms with E-state index in [9.17, 15) is 13.2 Å². The lowest BCUT2D eigenvalue weighted by Crippen LogP contribution is -2.41. The quantitative estimate of drug-likeness (QED) is 0.280. The van der Waals surface area contributed by atoms with Crippen LogP contribution in [-0.4, -0.2) is 40.3 Å². The second-order valence-corrected chi connectivity index (χ2v) is 11.0. The highest BCUT2D eigenvalue weighted by Crippen LogP contribution is 2.25. The number of thioether (sulfide) groups is 1. The molecule has 0 saturated carbocycles. The molecule has 0 heterocycles. The first-order valence-corrected chi connectivity index (χ1v) is 13.5. The first-order valence-electron chi connectivity index (χ1n) is 10.7. The van der Waals surface area contributed by atoms with Crippen molar-refractivity contribution in [1.82, 2.24) is 5.32 Å². The maximum absolute atomic E-state index is 13.4. The molecule has 0 spiro atoms. The fourth-order valence-corrected chi connectivity index (χ4v) is 5.51. The topological polar surface area (TPSA) is 75.7 Å². The molecule has 0 bridgehead atoms. The van der Waals surface area contributed by atoms with Crippen LogP contribution in [0.2, 0.25) is 5.02 Å². The van der Waals surface area contributed by atoms with Gasteiger partial charge in [-0.1, -0.05) is 29.3 Å². The highest BCUT2D eigenvalue weighted by atomic mass is 35.5. The monoisotopic (exact) mass is 518 g/mol. The number of carbonyl (C=O) groups excluding carboxylic acids is 1. The molecule has 0 aliphatic heterocycles. The summed E-state index contributed by atoms with van der Waals surface area (Å²) >= 11 is 7.57. The zero-order valence-corrected chi connectivity index (χ0v) is 21.4. The normalized spacial score (nSPS) is 11.1. The summed E-state index contributed by atoms with van der Waals surface area (Å²) in [6.45, 7) is 2.05. The number of nitrogens with one attached hydrogen (secondary N) is 1. The average Bonchev–Trinajstić information content (AvgIpc) is 2.84. The number of hydrogen-bond donors (Lipinski definition) is 1. The molecule has 6 nitrogen and oxygen atoms in total. The molecule has 0 saturated heterocycles. The van der Waals surface area contributed by atoms with Crippen LogP contribution in [0.4, 0.5) is 5.69 Å². The SMILES string of the molecule is COc1ccc(S(=O)(=O)N(CC(=O)NCCCSc2ccc(Cl)cc2)c2ccc(C)cc2)cc1. The lowest BCUT2D eigenvalue weighted by Gasteiger charge is -2.24. The molecule has 0 aliphatic carbocycles. The van der Waals surface area contributed by atoms with Crippen molar-refractivity contribution in [2.45, 2.75) is 23.1 Å². The molecule has 1 amide bonds. The number of nitrogens with zero attached hydrogens (tertiary/aromatic N) is 1. The molecule has 0 unspecified atom stereocenters. The van der Waals surface area contributed by atoms with Crippen LogP contribution in [0.5, 0.6) is 5.75 Å². The van der Waals surface area contributed by atoms with Gasteiger partial charge in [-0.15, -0.1) is 11.8 Å². The maximum Gasteiger partial charge on any atom is 0.264 e. The number of amides is 1. The molecule has 0 fully saturated rings. The van der Waals surface area contributed by atoms with Crippen LogP contribution in [0.1, 0.15) is 12.0 Å². The van der Waals surface area contributed by atoms with Gasteiger partial charge < -0.3 is 10.1 Å². The van der Waals surface area contributed by atoms with Crippen LogP contribution < -0.4 is 14.4 Å². The van der Waals surface area contributed by atoms with Gasteiger partial charge in [0.1, 0.15) is 12.3 Å². The number of aryl methyl sites for hydroxylation is 1. The number of benzene rings is 3. The van der Waals surface area contributed by atoms with E-state index in [0.717, 1.165) is 26.9 Å². The fourth-order valence-electron chi connectivity index (χ4n) is 3.11. The number of halogens is 1. The van der Waals surface area contributed by atoms with Crippen molar-refractivity contribution >= 4 is 45.0 Å². The van der Waals surface area contributed by atoms with Crippen LogP contribution in [-0.2, 0) is 14.8 Å². The molecular formula is C25H27ClN2O4S2. The van der Waals surface area contributed by atoms with Gasteiger partial charge in [-0.25, -0.2) is 8.42 Å². The predicted molar refractivity (Wildman–Crippen MR) is 139 cm³/mol. The summed E-state index contributed by atoms with van der Waals surface area (Å²) < 4.78 is 33.1. The van der Waals surface area contributed by atoms with Crippen LogP contribution in [0.3, 0.4) is 0 Å². The van der Waals surface area contributed by atoms with Crippen LogP contribution in [0, 0.1) is 6.92 Å². The number of ether oxygens (including phenoxy) is 1. The highest BCUT2D eigenvalue weighted by molar-refractivity contribution is 7.99. The highest BCUT2D eigenvalue weighted by Gasteiger charge is 2.27. The van der Waals surface area contributed by atoms with Crippen molar-refractivity contribution in [2.75, 3.05) is 30.3 Å². The Morgan fingerprint density at radius 3 is 2.26 bits per heavy atom. The van der Waals surface area contributed by atoms with E-state index in [1.807, 2.05) is 43.3 Å². The first kappa shape index (κ1) is 25.9. The second-order valence-electron chi connectivity index (χ2n) is 7.53. The third-order valence-electron chi connectivity index (χ3n) is 4.98. The van der Waals surface area contributed by atoms with Gasteiger partial charge in [0.25, 0.3) is 10.0 Å². The summed E-state index contributed by atoms with van der Waals surface area (Å²) in [6, 6.07) is 20.7. The van der Waals surface area contributed by atoms with E-state index in [2.05, 4.69) is 5.32 Å². The predicted octanol–water partition coefficient (Wildman–Crippen LogP) is 5.15. The molecule has 0 atom stereocenters. The molecule has 0 aromatic heterocycles. The minimum Gasteiger partial charge on any atom is -0.497 e. The Morgan fingerprint density at radius 2 is 1.65 bits per heavy atom. The van der Waals surface area contributed by atoms with E-state index < -0.39 is 10.0 Å². The molecule has 0 aliphatic rings. The largest absolute Gasteiger partial charge is 0.497 e. The lowest BCUT2D eigenvalue weighted by atomic mass is 10.2. The number of methoxy groups -OCH3 is 1. The third-order valence-corrected chi connectivity index (χ3v) is 8.12. The van der Waals surface area contributed by atoms with Crippen molar-refractivity contribution in [3.05, 3.63) is 83.4 Å². The minimum atomic E-state index is -3.96. The Bertz CT molecular complexity index is 1180. The van der Waals surface area contributed by atoms with Gasteiger partial charge in [0.15, 0.2) is 0 Å². The van der Waals surface area contributed by atoms with Crippen LogP contribution in [0.25, 0.3) is 0 Å². The van der Waals surface area contributed by atoms with E-state index in [1.54, 1.807) is 36.0 Å². The summed E-state index contributed by atoms with van der Waals surface area (Å²) in [4.78, 5) is 13.9. The number of hydrogen-bond acceptors (Lipinski definition) is 5. The molecule has 34 heavy (non-hydrogen) atoms. The fraction of sp³-hybridized carbons (Fsp3) is 0.240. The molecule has 9 heteroatoms. The van der Waals surface area contributed by atoms with Crippen molar-refractivity contribution in [1.29, 1.82) is 0 Å². The zero-order valence-electron chi connectivity index (χ0n) is 19.0. The Labute approximate surface area is 210 Å². The standard InChI is InChI=1S/C25H27ClN2O4S2/c1-19-4-8-21(9-5-19)28(34(30,31)24-14-10-22(32-2)11-15-24)18-25(29)27-16-3-17-33-23-12-6-20(26)7-13-23/h4-15H,3,16-18H2,1-2H3,(H,27,29). The van der Waals surface area contributed by atoms with E-state index in [4.69, 9.17) is 16.3 Å². The third kappa shape index (κ3) is 7.16. The number of sulfonamides is 1. The minimum absolute atomic E-state index is 0.0843. The van der Waals surface area contributed by atoms with E-state index in [0.29, 0.717) is 23.0 Å². The van der Waals surface area contributed by atoms with E-state index in [1.165, 1.54) is 19.2 Å². The molecular weight excluding hydrogens is 492 g/mol. The van der Waals surface area contributed by atoms with Gasteiger partial charge in [0, 0.05) is 16.5 Å². The Morgan fingerprint density at radius 1 is 1.00 bits per heavy atom. The summed E-state index contributed by atoms with van der Waals surface area (Å²) in [7, 11) is -2.45. The van der Waals surface area contributed by atoms with Crippen molar-refractivity contribution in [2.24, 2.45) is 0 Å². The number of rotatable bonds is 11. The van der Waals surface area contributed by atoms with Gasteiger partial charge >= 0.3 is 0 Å². The molecule has 0 radical (unpaired) electrons. The number of carbonyl (C=O) groups is 1. The number of anilines is 1. The van der Waals surface area contributed by atoms with Gasteiger partial charge in [-0.05, 0) is 79.8 Å². The summed E-state index contributed by atoms with van der Waals surface area (Å²) in [5.74, 6) is 0.998. The van der Waals surface area contributed by atoms with E-state index in [-0.39, 0.29) is 17.3 Å². The first-order chi connectivity index (χ1) is 16.3. The molecule has 180 valence electrons. The van der Waals surface area contributed by atoms with E-state index >= 15 is 0 Å².